The summed E-state index contributed by atoms with van der Waals surface area (Å²) in [6.45, 7) is 2.52. The van der Waals surface area contributed by atoms with Crippen molar-refractivity contribution in [3.05, 3.63) is 29.6 Å². The first kappa shape index (κ1) is 16.5. The number of guanidine groups is 1. The minimum atomic E-state index is 0.691. The topological polar surface area (TPSA) is 84.9 Å². The summed E-state index contributed by atoms with van der Waals surface area (Å²) in [6, 6.07) is 1.99. The largest absolute Gasteiger partial charge is 0.356 e. The Kier molecular flexibility index (Phi) is 5.45. The van der Waals surface area contributed by atoms with Gasteiger partial charge in [-0.2, -0.15) is 5.10 Å². The van der Waals surface area contributed by atoms with Crippen LogP contribution in [0.1, 0.15) is 36.6 Å². The van der Waals surface area contributed by atoms with Gasteiger partial charge < -0.3 is 15.2 Å². The van der Waals surface area contributed by atoms with E-state index in [4.69, 9.17) is 0 Å². The molecule has 0 fully saturated rings. The zero-order valence-electron chi connectivity index (χ0n) is 14.5. The molecule has 0 unspecified atom stereocenters. The number of aryl methyl sites for hydroxylation is 2. The minimum absolute atomic E-state index is 0.691. The van der Waals surface area contributed by atoms with Gasteiger partial charge in [-0.15, -0.1) is 10.2 Å². The second-order valence-corrected chi connectivity index (χ2v) is 6.04. The van der Waals surface area contributed by atoms with Crippen molar-refractivity contribution in [1.82, 2.24) is 35.2 Å². The Morgan fingerprint density at radius 2 is 2.17 bits per heavy atom. The summed E-state index contributed by atoms with van der Waals surface area (Å²) in [5.74, 6) is 2.99. The molecule has 3 heterocycles. The maximum absolute atomic E-state index is 4.36. The van der Waals surface area contributed by atoms with E-state index in [9.17, 15) is 0 Å². The Hall–Kier alpha value is -2.38. The third-order valence-corrected chi connectivity index (χ3v) is 4.41. The Morgan fingerprint density at radius 1 is 1.25 bits per heavy atom. The molecule has 0 aliphatic carbocycles. The Labute approximate surface area is 142 Å². The van der Waals surface area contributed by atoms with Crippen molar-refractivity contribution in [2.24, 2.45) is 12.0 Å². The first-order chi connectivity index (χ1) is 11.8. The highest BCUT2D eigenvalue weighted by atomic mass is 15.3. The van der Waals surface area contributed by atoms with Crippen LogP contribution in [0.4, 0.5) is 0 Å². The second kappa shape index (κ2) is 7.94. The molecule has 2 aromatic rings. The van der Waals surface area contributed by atoms with E-state index < -0.39 is 0 Å². The average molecular weight is 330 g/mol. The standard InChI is InChI=1S/C16H26N8/c1-17-16(19-12-13-7-10-20-23(13)2)18-9-8-15-22-21-14-6-4-3-5-11-24(14)15/h7,10H,3-6,8-9,11-12H2,1-2H3,(H2,17,18,19). The summed E-state index contributed by atoms with van der Waals surface area (Å²) in [5.41, 5.74) is 1.11. The molecule has 1 aliphatic rings. The molecule has 1 aliphatic heterocycles. The van der Waals surface area contributed by atoms with Gasteiger partial charge in [-0.25, -0.2) is 0 Å². The fourth-order valence-electron chi connectivity index (χ4n) is 2.99. The lowest BCUT2D eigenvalue weighted by molar-refractivity contribution is 0.600. The highest BCUT2D eigenvalue weighted by molar-refractivity contribution is 5.79. The number of fused-ring (bicyclic) bond motifs is 1. The van der Waals surface area contributed by atoms with Gasteiger partial charge >= 0.3 is 0 Å². The van der Waals surface area contributed by atoms with Crippen LogP contribution >= 0.6 is 0 Å². The lowest BCUT2D eigenvalue weighted by Crippen LogP contribution is -2.38. The number of rotatable bonds is 5. The third kappa shape index (κ3) is 3.93. The molecule has 130 valence electrons. The maximum atomic E-state index is 4.36. The maximum Gasteiger partial charge on any atom is 0.191 e. The quantitative estimate of drug-likeness (QED) is 0.621. The highest BCUT2D eigenvalue weighted by Crippen LogP contribution is 2.14. The van der Waals surface area contributed by atoms with E-state index in [1.165, 1.54) is 19.3 Å². The molecule has 0 radical (unpaired) electrons. The number of aliphatic imine (C=N–C) groups is 1. The first-order valence-corrected chi connectivity index (χ1v) is 8.60. The smallest absolute Gasteiger partial charge is 0.191 e. The first-order valence-electron chi connectivity index (χ1n) is 8.60. The van der Waals surface area contributed by atoms with Gasteiger partial charge in [0, 0.05) is 46.2 Å². The summed E-state index contributed by atoms with van der Waals surface area (Å²) in [4.78, 5) is 4.26. The number of hydrogen-bond acceptors (Lipinski definition) is 4. The molecule has 0 saturated carbocycles. The zero-order chi connectivity index (χ0) is 16.8. The van der Waals surface area contributed by atoms with Crippen LogP contribution < -0.4 is 10.6 Å². The van der Waals surface area contributed by atoms with Crippen LogP contribution in [0.2, 0.25) is 0 Å². The molecule has 24 heavy (non-hydrogen) atoms. The van der Waals surface area contributed by atoms with Gasteiger partial charge in [-0.05, 0) is 18.9 Å². The van der Waals surface area contributed by atoms with Crippen molar-refractivity contribution in [2.75, 3.05) is 13.6 Å². The molecule has 8 heteroatoms. The van der Waals surface area contributed by atoms with Crippen LogP contribution in [0.3, 0.4) is 0 Å². The molecule has 8 nitrogen and oxygen atoms in total. The molecular formula is C16H26N8. The third-order valence-electron chi connectivity index (χ3n) is 4.41. The van der Waals surface area contributed by atoms with Gasteiger partial charge in [-0.1, -0.05) is 6.42 Å². The van der Waals surface area contributed by atoms with Gasteiger partial charge in [0.15, 0.2) is 5.96 Å². The van der Waals surface area contributed by atoms with Crippen molar-refractivity contribution < 1.29 is 0 Å². The average Bonchev–Trinajstić information content (AvgIpc) is 3.09. The summed E-state index contributed by atoms with van der Waals surface area (Å²) < 4.78 is 4.15. The monoisotopic (exact) mass is 330 g/mol. The molecule has 0 saturated heterocycles. The Morgan fingerprint density at radius 3 is 2.96 bits per heavy atom. The molecule has 0 atom stereocenters. The molecule has 0 bridgehead atoms. The molecule has 0 spiro atoms. The SMILES string of the molecule is CN=C(NCCc1nnc2n1CCCCC2)NCc1ccnn1C. The normalized spacial score (nSPS) is 15.0. The summed E-state index contributed by atoms with van der Waals surface area (Å²) in [5, 5.41) is 19.5. The molecule has 2 N–H and O–H groups in total. The van der Waals surface area contributed by atoms with Crippen LogP contribution in [0, 0.1) is 0 Å². The lowest BCUT2D eigenvalue weighted by Gasteiger charge is -2.12. The predicted octanol–water partition coefficient (Wildman–Crippen LogP) is 0.646. The van der Waals surface area contributed by atoms with E-state index in [0.717, 1.165) is 49.2 Å². The van der Waals surface area contributed by atoms with E-state index in [1.807, 2.05) is 17.8 Å². The number of nitrogens with zero attached hydrogens (tertiary/aromatic N) is 6. The highest BCUT2D eigenvalue weighted by Gasteiger charge is 2.14. The van der Waals surface area contributed by atoms with Crippen LogP contribution in [-0.4, -0.2) is 44.1 Å². The van der Waals surface area contributed by atoms with Gasteiger partial charge in [0.1, 0.15) is 11.6 Å². The van der Waals surface area contributed by atoms with Crippen LogP contribution in [0.5, 0.6) is 0 Å². The van der Waals surface area contributed by atoms with Crippen molar-refractivity contribution >= 4 is 5.96 Å². The second-order valence-electron chi connectivity index (χ2n) is 6.04. The fraction of sp³-hybridized carbons (Fsp3) is 0.625. The fourth-order valence-corrected chi connectivity index (χ4v) is 2.99. The van der Waals surface area contributed by atoms with E-state index in [0.29, 0.717) is 6.54 Å². The molecule has 0 amide bonds. The number of hydrogen-bond donors (Lipinski definition) is 2. The lowest BCUT2D eigenvalue weighted by atomic mass is 10.2. The van der Waals surface area contributed by atoms with E-state index in [1.54, 1.807) is 13.2 Å². The minimum Gasteiger partial charge on any atom is -0.356 e. The van der Waals surface area contributed by atoms with Crippen molar-refractivity contribution in [2.45, 2.75) is 45.2 Å². The van der Waals surface area contributed by atoms with Gasteiger partial charge in [0.2, 0.25) is 0 Å². The van der Waals surface area contributed by atoms with Crippen molar-refractivity contribution in [3.63, 3.8) is 0 Å². The Balaban J connectivity index is 1.48. The number of nitrogens with one attached hydrogen (secondary N) is 2. The number of aromatic nitrogens is 5. The zero-order valence-corrected chi connectivity index (χ0v) is 14.5. The Bertz CT molecular complexity index is 684. The van der Waals surface area contributed by atoms with Crippen molar-refractivity contribution in [1.29, 1.82) is 0 Å². The molecule has 3 rings (SSSR count). The van der Waals surface area contributed by atoms with Crippen LogP contribution in [0.25, 0.3) is 0 Å². The van der Waals surface area contributed by atoms with Gasteiger partial charge in [0.25, 0.3) is 0 Å². The molecular weight excluding hydrogens is 304 g/mol. The molecule has 0 aromatic carbocycles. The molecule has 2 aromatic heterocycles. The van der Waals surface area contributed by atoms with E-state index in [-0.39, 0.29) is 0 Å². The van der Waals surface area contributed by atoms with Gasteiger partial charge in [-0.3, -0.25) is 9.67 Å². The van der Waals surface area contributed by atoms with Crippen molar-refractivity contribution in [3.8, 4) is 0 Å². The van der Waals surface area contributed by atoms with E-state index >= 15 is 0 Å². The van der Waals surface area contributed by atoms with E-state index in [2.05, 4.69) is 35.5 Å². The van der Waals surface area contributed by atoms with Gasteiger partial charge in [0.05, 0.1) is 12.2 Å². The summed E-state index contributed by atoms with van der Waals surface area (Å²) in [6.07, 6.45) is 7.42. The summed E-state index contributed by atoms with van der Waals surface area (Å²) >= 11 is 0. The van der Waals surface area contributed by atoms with Crippen LogP contribution in [-0.2, 0) is 33.0 Å². The summed E-state index contributed by atoms with van der Waals surface area (Å²) in [7, 11) is 3.71. The predicted molar refractivity (Wildman–Crippen MR) is 92.7 cm³/mol. The van der Waals surface area contributed by atoms with Crippen LogP contribution in [0.15, 0.2) is 17.3 Å².